The molecule has 0 unspecified atom stereocenters. The number of aromatic nitrogens is 3. The summed E-state index contributed by atoms with van der Waals surface area (Å²) >= 11 is 2.79. The molecule has 0 spiro atoms. The van der Waals surface area contributed by atoms with Crippen LogP contribution in [0.15, 0.2) is 53.7 Å². The first-order valence-electron chi connectivity index (χ1n) is 9.05. The Kier molecular flexibility index (Phi) is 5.86. The number of phenols is 1. The first-order chi connectivity index (χ1) is 14.5. The van der Waals surface area contributed by atoms with Crippen molar-refractivity contribution in [3.63, 3.8) is 0 Å². The van der Waals surface area contributed by atoms with Gasteiger partial charge >= 0.3 is 5.97 Å². The maximum atomic E-state index is 12.5. The number of phenolic OH excluding ortho intramolecular Hbond substituents is 1. The molecule has 1 amide bonds. The van der Waals surface area contributed by atoms with Crippen molar-refractivity contribution < 1.29 is 19.4 Å². The van der Waals surface area contributed by atoms with Crippen molar-refractivity contribution in [2.45, 2.75) is 17.6 Å². The van der Waals surface area contributed by atoms with Crippen LogP contribution in [0, 0.1) is 0 Å². The lowest BCUT2D eigenvalue weighted by atomic mass is 10.1. The Hall–Kier alpha value is -3.11. The smallest absolute Gasteiger partial charge is 0.328 e. The number of amides is 1. The number of thioether (sulfide) groups is 1. The van der Waals surface area contributed by atoms with Gasteiger partial charge in [0.2, 0.25) is 10.9 Å². The molecule has 154 valence electrons. The highest BCUT2D eigenvalue weighted by molar-refractivity contribution is 7.99. The molecule has 0 saturated carbocycles. The number of rotatable bonds is 7. The summed E-state index contributed by atoms with van der Waals surface area (Å²) in [5, 5.41) is 21.1. The summed E-state index contributed by atoms with van der Waals surface area (Å²) in [4.78, 5) is 25.4. The fourth-order valence-electron chi connectivity index (χ4n) is 3.02. The van der Waals surface area contributed by atoms with Gasteiger partial charge in [-0.1, -0.05) is 47.4 Å². The van der Waals surface area contributed by atoms with Gasteiger partial charge in [-0.2, -0.15) is 0 Å². The van der Waals surface area contributed by atoms with Gasteiger partial charge in [0, 0.05) is 6.42 Å². The average molecular weight is 443 g/mol. The molecule has 4 aromatic rings. The lowest BCUT2D eigenvalue weighted by molar-refractivity contribution is -0.144. The molecule has 2 aromatic heterocycles. The first kappa shape index (κ1) is 20.2. The number of carbonyl (C=O) groups excluding carboxylic acids is 2. The Balaban J connectivity index is 1.44. The number of benzene rings is 2. The molecule has 2 heterocycles. The molecule has 0 fully saturated rings. The molecule has 0 aliphatic carbocycles. The number of para-hydroxylation sites is 1. The molecule has 2 N–H and O–H groups in total. The quantitative estimate of drug-likeness (QED) is 0.335. The Morgan fingerprint density at radius 2 is 1.97 bits per heavy atom. The highest BCUT2D eigenvalue weighted by Gasteiger charge is 2.23. The van der Waals surface area contributed by atoms with Crippen molar-refractivity contribution in [1.82, 2.24) is 19.9 Å². The number of ether oxygens (including phenoxy) is 1. The molecular weight excluding hydrogens is 424 g/mol. The predicted molar refractivity (Wildman–Crippen MR) is 115 cm³/mol. The van der Waals surface area contributed by atoms with Crippen LogP contribution in [-0.4, -0.2) is 50.5 Å². The van der Waals surface area contributed by atoms with E-state index >= 15 is 0 Å². The standard InChI is InChI=1S/C20H18N4O4S2/c1-28-18(27)14(10-12-6-8-13(25)9-7-12)21-17(26)11-29-19-22-23-20-24(19)15-4-2-3-5-16(15)30-20/h2-9,14,25H,10-11H2,1H3,(H,21,26)/t14-/m0/s1. The van der Waals surface area contributed by atoms with Gasteiger partial charge < -0.3 is 15.2 Å². The van der Waals surface area contributed by atoms with E-state index < -0.39 is 12.0 Å². The number of hydrogen-bond donors (Lipinski definition) is 2. The maximum Gasteiger partial charge on any atom is 0.328 e. The molecule has 4 rings (SSSR count). The van der Waals surface area contributed by atoms with Crippen LogP contribution in [0.1, 0.15) is 5.56 Å². The fourth-order valence-corrected chi connectivity index (χ4v) is 4.80. The second-order valence-corrected chi connectivity index (χ2v) is 8.42. The third-order valence-corrected chi connectivity index (χ3v) is 6.38. The molecule has 0 aliphatic rings. The molecule has 10 heteroatoms. The van der Waals surface area contributed by atoms with E-state index in [1.807, 2.05) is 28.7 Å². The largest absolute Gasteiger partial charge is 0.508 e. The summed E-state index contributed by atoms with van der Waals surface area (Å²) < 4.78 is 7.83. The second kappa shape index (κ2) is 8.72. The third kappa shape index (κ3) is 4.24. The highest BCUT2D eigenvalue weighted by Crippen LogP contribution is 2.29. The molecule has 0 bridgehead atoms. The summed E-state index contributed by atoms with van der Waals surface area (Å²) in [7, 11) is 1.28. The third-order valence-electron chi connectivity index (χ3n) is 4.44. The van der Waals surface area contributed by atoms with Crippen LogP contribution in [0.4, 0.5) is 0 Å². The average Bonchev–Trinajstić information content (AvgIpc) is 3.32. The normalized spacial score (nSPS) is 12.2. The predicted octanol–water partition coefficient (Wildman–Crippen LogP) is 2.64. The first-order valence-corrected chi connectivity index (χ1v) is 10.9. The zero-order valence-corrected chi connectivity index (χ0v) is 17.6. The molecule has 1 atom stereocenters. The monoisotopic (exact) mass is 442 g/mol. The van der Waals surface area contributed by atoms with E-state index in [1.54, 1.807) is 12.1 Å². The minimum Gasteiger partial charge on any atom is -0.508 e. The highest BCUT2D eigenvalue weighted by atomic mass is 32.2. The molecule has 0 saturated heterocycles. The Morgan fingerprint density at radius 3 is 2.73 bits per heavy atom. The Morgan fingerprint density at radius 1 is 1.20 bits per heavy atom. The van der Waals surface area contributed by atoms with Crippen molar-refractivity contribution in [3.05, 3.63) is 54.1 Å². The lowest BCUT2D eigenvalue weighted by Crippen LogP contribution is -2.43. The minimum atomic E-state index is -0.826. The van der Waals surface area contributed by atoms with Gasteiger partial charge in [-0.15, -0.1) is 10.2 Å². The van der Waals surface area contributed by atoms with Gasteiger partial charge in [-0.05, 0) is 29.8 Å². The number of nitrogens with zero attached hydrogens (tertiary/aromatic N) is 3. The summed E-state index contributed by atoms with van der Waals surface area (Å²) in [6.45, 7) is 0. The van der Waals surface area contributed by atoms with Crippen molar-refractivity contribution >= 4 is 50.2 Å². The van der Waals surface area contributed by atoms with Crippen molar-refractivity contribution in [2.24, 2.45) is 0 Å². The number of esters is 1. The van der Waals surface area contributed by atoms with Gasteiger partial charge in [-0.3, -0.25) is 9.20 Å². The minimum absolute atomic E-state index is 0.0774. The van der Waals surface area contributed by atoms with Gasteiger partial charge in [-0.25, -0.2) is 4.79 Å². The van der Waals surface area contributed by atoms with Crippen LogP contribution >= 0.6 is 23.1 Å². The van der Waals surface area contributed by atoms with E-state index in [-0.39, 0.29) is 23.8 Å². The van der Waals surface area contributed by atoms with Crippen LogP contribution in [-0.2, 0) is 20.7 Å². The number of nitrogens with one attached hydrogen (secondary N) is 1. The number of carbonyl (C=O) groups is 2. The molecule has 8 nitrogen and oxygen atoms in total. The molecule has 0 aliphatic heterocycles. The topological polar surface area (TPSA) is 106 Å². The van der Waals surface area contributed by atoms with Crippen molar-refractivity contribution in [2.75, 3.05) is 12.9 Å². The van der Waals surface area contributed by atoms with E-state index in [9.17, 15) is 14.7 Å². The summed E-state index contributed by atoms with van der Waals surface area (Å²) in [5.74, 6) is -0.636. The zero-order chi connectivity index (χ0) is 21.1. The number of aromatic hydroxyl groups is 1. The van der Waals surface area contributed by atoms with Gasteiger partial charge in [0.05, 0.1) is 23.1 Å². The van der Waals surface area contributed by atoms with E-state index in [4.69, 9.17) is 4.74 Å². The van der Waals surface area contributed by atoms with E-state index in [1.165, 1.54) is 42.3 Å². The van der Waals surface area contributed by atoms with Crippen LogP contribution in [0.25, 0.3) is 15.2 Å². The Labute approximate surface area is 179 Å². The SMILES string of the molecule is COC(=O)[C@H](Cc1ccc(O)cc1)NC(=O)CSc1nnc2sc3ccccc3n12. The van der Waals surface area contributed by atoms with E-state index in [0.29, 0.717) is 5.16 Å². The van der Waals surface area contributed by atoms with E-state index in [0.717, 1.165) is 20.7 Å². The molecule has 2 aromatic carbocycles. The van der Waals surface area contributed by atoms with Crippen LogP contribution in [0.2, 0.25) is 0 Å². The van der Waals surface area contributed by atoms with Gasteiger partial charge in [0.25, 0.3) is 0 Å². The molecule has 0 radical (unpaired) electrons. The second-order valence-electron chi connectivity index (χ2n) is 6.47. The van der Waals surface area contributed by atoms with Crippen LogP contribution in [0.3, 0.4) is 0 Å². The summed E-state index contributed by atoms with van der Waals surface area (Å²) in [6.07, 6.45) is 0.258. The van der Waals surface area contributed by atoms with Gasteiger partial charge in [0.1, 0.15) is 11.8 Å². The zero-order valence-electron chi connectivity index (χ0n) is 15.9. The number of fused-ring (bicyclic) bond motifs is 3. The Bertz CT molecular complexity index is 1200. The maximum absolute atomic E-state index is 12.5. The van der Waals surface area contributed by atoms with Crippen LogP contribution < -0.4 is 5.32 Å². The number of hydrogen-bond acceptors (Lipinski definition) is 8. The molecular formula is C20H18N4O4S2. The number of methoxy groups -OCH3 is 1. The number of thiazole rings is 1. The van der Waals surface area contributed by atoms with Crippen molar-refractivity contribution in [1.29, 1.82) is 0 Å². The summed E-state index contributed by atoms with van der Waals surface area (Å²) in [5.41, 5.74) is 1.78. The van der Waals surface area contributed by atoms with Crippen LogP contribution in [0.5, 0.6) is 5.75 Å². The van der Waals surface area contributed by atoms with Gasteiger partial charge in [0.15, 0.2) is 5.16 Å². The van der Waals surface area contributed by atoms with Crippen molar-refractivity contribution in [3.8, 4) is 5.75 Å². The summed E-state index contributed by atoms with van der Waals surface area (Å²) in [6, 6.07) is 13.5. The van der Waals surface area contributed by atoms with E-state index in [2.05, 4.69) is 15.5 Å². The fraction of sp³-hybridized carbons (Fsp3) is 0.200. The molecule has 30 heavy (non-hydrogen) atoms. The lowest BCUT2D eigenvalue weighted by Gasteiger charge is -2.16.